The second kappa shape index (κ2) is 4.84. The van der Waals surface area contributed by atoms with E-state index in [-0.39, 0.29) is 0 Å². The summed E-state index contributed by atoms with van der Waals surface area (Å²) in [5.74, 6) is 1.00. The second-order valence-electron chi connectivity index (χ2n) is 4.28. The number of hydrogen-bond donors (Lipinski definition) is 1. The van der Waals surface area contributed by atoms with E-state index in [0.717, 1.165) is 18.8 Å². The summed E-state index contributed by atoms with van der Waals surface area (Å²) in [6.45, 7) is 7.20. The molecule has 2 rings (SSSR count). The van der Waals surface area contributed by atoms with E-state index < -0.39 is 0 Å². The standard InChI is InChI=1S/C13H17N3S/c1-4-16-12(14-15-13(16)17)8-11-6-5-9(2)10(3)7-11/h5-7H,4,8H2,1-3H3,(H,15,17). The van der Waals surface area contributed by atoms with Crippen LogP contribution in [0.15, 0.2) is 18.2 Å². The van der Waals surface area contributed by atoms with Crippen molar-refractivity contribution in [1.29, 1.82) is 0 Å². The first-order valence-electron chi connectivity index (χ1n) is 5.82. The van der Waals surface area contributed by atoms with Crippen molar-refractivity contribution >= 4 is 12.2 Å². The number of aromatic amines is 1. The number of nitrogens with one attached hydrogen (secondary N) is 1. The lowest BCUT2D eigenvalue weighted by Crippen LogP contribution is -2.03. The molecule has 0 saturated heterocycles. The van der Waals surface area contributed by atoms with Gasteiger partial charge in [-0.2, -0.15) is 5.10 Å². The van der Waals surface area contributed by atoms with Gasteiger partial charge in [0.25, 0.3) is 0 Å². The predicted molar refractivity (Wildman–Crippen MR) is 71.8 cm³/mol. The molecule has 0 radical (unpaired) electrons. The number of nitrogens with zero attached hydrogens (tertiary/aromatic N) is 2. The minimum Gasteiger partial charge on any atom is -0.304 e. The average Bonchev–Trinajstić information content (AvgIpc) is 2.64. The van der Waals surface area contributed by atoms with Gasteiger partial charge in [-0.15, -0.1) is 0 Å². The molecule has 4 heteroatoms. The van der Waals surface area contributed by atoms with Crippen LogP contribution in [0, 0.1) is 18.6 Å². The zero-order valence-electron chi connectivity index (χ0n) is 10.4. The fourth-order valence-corrected chi connectivity index (χ4v) is 2.19. The largest absolute Gasteiger partial charge is 0.304 e. The Hall–Kier alpha value is -1.42. The zero-order chi connectivity index (χ0) is 12.4. The number of hydrogen-bond acceptors (Lipinski definition) is 2. The van der Waals surface area contributed by atoms with Crippen LogP contribution in [0.2, 0.25) is 0 Å². The summed E-state index contributed by atoms with van der Waals surface area (Å²) in [5, 5.41) is 7.13. The van der Waals surface area contributed by atoms with Gasteiger partial charge in [0, 0.05) is 13.0 Å². The van der Waals surface area contributed by atoms with Gasteiger partial charge < -0.3 is 4.57 Å². The quantitative estimate of drug-likeness (QED) is 0.845. The lowest BCUT2D eigenvalue weighted by atomic mass is 10.0. The van der Waals surface area contributed by atoms with Crippen molar-refractivity contribution in [3.05, 3.63) is 45.5 Å². The minimum atomic E-state index is 0.700. The summed E-state index contributed by atoms with van der Waals surface area (Å²) in [4.78, 5) is 0. The van der Waals surface area contributed by atoms with E-state index in [1.165, 1.54) is 16.7 Å². The molecule has 1 aromatic carbocycles. The Morgan fingerprint density at radius 1 is 1.29 bits per heavy atom. The van der Waals surface area contributed by atoms with Gasteiger partial charge in [-0.1, -0.05) is 18.2 Å². The molecule has 0 aliphatic heterocycles. The topological polar surface area (TPSA) is 33.6 Å². The van der Waals surface area contributed by atoms with E-state index in [2.05, 4.69) is 49.2 Å². The zero-order valence-corrected chi connectivity index (χ0v) is 11.3. The number of aryl methyl sites for hydroxylation is 2. The van der Waals surface area contributed by atoms with Crippen molar-refractivity contribution < 1.29 is 0 Å². The molecule has 3 nitrogen and oxygen atoms in total. The monoisotopic (exact) mass is 247 g/mol. The molecular weight excluding hydrogens is 230 g/mol. The molecule has 0 amide bonds. The maximum atomic E-state index is 5.18. The number of benzene rings is 1. The fourth-order valence-electron chi connectivity index (χ4n) is 1.91. The molecule has 17 heavy (non-hydrogen) atoms. The van der Waals surface area contributed by atoms with Gasteiger partial charge in [0.1, 0.15) is 5.82 Å². The summed E-state index contributed by atoms with van der Waals surface area (Å²) in [6.07, 6.45) is 0.822. The van der Waals surface area contributed by atoms with Gasteiger partial charge >= 0.3 is 0 Å². The smallest absolute Gasteiger partial charge is 0.195 e. The highest BCUT2D eigenvalue weighted by atomic mass is 32.1. The molecule has 90 valence electrons. The van der Waals surface area contributed by atoms with Gasteiger partial charge in [0.05, 0.1) is 0 Å². The van der Waals surface area contributed by atoms with Gasteiger partial charge in [-0.3, -0.25) is 5.10 Å². The van der Waals surface area contributed by atoms with Gasteiger partial charge in [0.2, 0.25) is 0 Å². The van der Waals surface area contributed by atoms with Crippen molar-refractivity contribution in [2.45, 2.75) is 33.7 Å². The molecule has 0 atom stereocenters. The van der Waals surface area contributed by atoms with Crippen LogP contribution in [0.5, 0.6) is 0 Å². The Kier molecular flexibility index (Phi) is 3.43. The molecule has 0 spiro atoms. The third-order valence-corrected chi connectivity index (χ3v) is 3.40. The third kappa shape index (κ3) is 2.47. The fraction of sp³-hybridized carbons (Fsp3) is 0.385. The van der Waals surface area contributed by atoms with E-state index in [0.29, 0.717) is 4.77 Å². The Balaban J connectivity index is 2.31. The second-order valence-corrected chi connectivity index (χ2v) is 4.67. The van der Waals surface area contributed by atoms with E-state index in [1.807, 2.05) is 4.57 Å². The van der Waals surface area contributed by atoms with Crippen molar-refractivity contribution in [2.75, 3.05) is 0 Å². The highest BCUT2D eigenvalue weighted by molar-refractivity contribution is 7.71. The van der Waals surface area contributed by atoms with Crippen LogP contribution in [0.25, 0.3) is 0 Å². The highest BCUT2D eigenvalue weighted by Gasteiger charge is 2.06. The Morgan fingerprint density at radius 3 is 2.71 bits per heavy atom. The maximum absolute atomic E-state index is 5.18. The average molecular weight is 247 g/mol. The number of H-pyrrole nitrogens is 1. The van der Waals surface area contributed by atoms with Crippen molar-refractivity contribution in [1.82, 2.24) is 14.8 Å². The van der Waals surface area contributed by atoms with Crippen LogP contribution in [0.1, 0.15) is 29.4 Å². The first-order valence-corrected chi connectivity index (χ1v) is 6.23. The lowest BCUT2D eigenvalue weighted by Gasteiger charge is -2.06. The van der Waals surface area contributed by atoms with Crippen LogP contribution in [-0.2, 0) is 13.0 Å². The van der Waals surface area contributed by atoms with E-state index in [9.17, 15) is 0 Å². The van der Waals surface area contributed by atoms with Crippen molar-refractivity contribution in [3.8, 4) is 0 Å². The van der Waals surface area contributed by atoms with E-state index >= 15 is 0 Å². The lowest BCUT2D eigenvalue weighted by molar-refractivity contribution is 0.704. The molecule has 1 heterocycles. The summed E-state index contributed by atoms with van der Waals surface area (Å²) >= 11 is 5.18. The van der Waals surface area contributed by atoms with E-state index in [4.69, 9.17) is 12.2 Å². The molecule has 0 aliphatic rings. The van der Waals surface area contributed by atoms with Gasteiger partial charge in [-0.05, 0) is 49.7 Å². The van der Waals surface area contributed by atoms with Crippen LogP contribution in [0.4, 0.5) is 0 Å². The molecule has 0 unspecified atom stereocenters. The maximum Gasteiger partial charge on any atom is 0.195 e. The van der Waals surface area contributed by atoms with Gasteiger partial charge in [-0.25, -0.2) is 0 Å². The summed E-state index contributed by atoms with van der Waals surface area (Å²) in [6, 6.07) is 6.52. The van der Waals surface area contributed by atoms with Gasteiger partial charge in [0.15, 0.2) is 4.77 Å². The molecular formula is C13H17N3S. The molecule has 2 aromatic rings. The number of aromatic nitrogens is 3. The molecule has 0 bridgehead atoms. The molecule has 0 aliphatic carbocycles. The summed E-state index contributed by atoms with van der Waals surface area (Å²) < 4.78 is 2.73. The van der Waals surface area contributed by atoms with Crippen LogP contribution in [0.3, 0.4) is 0 Å². The van der Waals surface area contributed by atoms with Crippen molar-refractivity contribution in [2.24, 2.45) is 0 Å². The first kappa shape index (κ1) is 12.0. The van der Waals surface area contributed by atoms with Crippen LogP contribution >= 0.6 is 12.2 Å². The molecule has 0 fully saturated rings. The third-order valence-electron chi connectivity index (χ3n) is 3.09. The first-order chi connectivity index (χ1) is 8.11. The Bertz CT molecular complexity index is 581. The molecule has 1 aromatic heterocycles. The summed E-state index contributed by atoms with van der Waals surface area (Å²) in [5.41, 5.74) is 3.92. The molecule has 1 N–H and O–H groups in total. The van der Waals surface area contributed by atoms with Crippen LogP contribution < -0.4 is 0 Å². The normalized spacial score (nSPS) is 10.8. The summed E-state index contributed by atoms with van der Waals surface area (Å²) in [7, 11) is 0. The van der Waals surface area contributed by atoms with E-state index in [1.54, 1.807) is 0 Å². The SMILES string of the molecule is CCn1c(Cc2ccc(C)c(C)c2)n[nH]c1=S. The number of rotatable bonds is 3. The van der Waals surface area contributed by atoms with Crippen molar-refractivity contribution in [3.63, 3.8) is 0 Å². The highest BCUT2D eigenvalue weighted by Crippen LogP contribution is 2.13. The minimum absolute atomic E-state index is 0.700. The Labute approximate surface area is 106 Å². The predicted octanol–water partition coefficient (Wildman–Crippen LogP) is 3.17. The Morgan fingerprint density at radius 2 is 2.06 bits per heavy atom. The molecule has 0 saturated carbocycles. The van der Waals surface area contributed by atoms with Crippen LogP contribution in [-0.4, -0.2) is 14.8 Å².